The summed E-state index contributed by atoms with van der Waals surface area (Å²) >= 11 is 0. The highest BCUT2D eigenvalue weighted by molar-refractivity contribution is 7.85. The fraction of sp³-hybridized carbons (Fsp3) is 0.368. The highest BCUT2D eigenvalue weighted by atomic mass is 32.2. The summed E-state index contributed by atoms with van der Waals surface area (Å²) in [5, 5.41) is 0.451. The second kappa shape index (κ2) is 7.64. The van der Waals surface area contributed by atoms with Crippen LogP contribution in [0.2, 0.25) is 0 Å². The molecule has 2 aromatic rings. The molecule has 0 fully saturated rings. The van der Waals surface area contributed by atoms with Gasteiger partial charge in [-0.15, -0.1) is 0 Å². The molecular weight excluding hydrogens is 306 g/mol. The summed E-state index contributed by atoms with van der Waals surface area (Å²) < 4.78 is 12.4. The van der Waals surface area contributed by atoms with E-state index >= 15 is 0 Å². The number of hydrogen-bond donors (Lipinski definition) is 0. The number of nitrogens with zero attached hydrogens (tertiary/aromatic N) is 1. The Morgan fingerprint density at radius 1 is 1.09 bits per heavy atom. The summed E-state index contributed by atoms with van der Waals surface area (Å²) in [5.74, 6) is 0.487. The lowest BCUT2D eigenvalue weighted by Gasteiger charge is -2.15. The molecule has 122 valence electrons. The van der Waals surface area contributed by atoms with Gasteiger partial charge in [-0.05, 0) is 41.2 Å². The molecule has 1 unspecified atom stereocenters. The second-order valence-corrected chi connectivity index (χ2v) is 7.64. The zero-order chi connectivity index (χ0) is 17.0. The van der Waals surface area contributed by atoms with Crippen molar-refractivity contribution in [1.29, 1.82) is 0 Å². The third-order valence-corrected chi connectivity index (χ3v) is 5.03. The number of rotatable bonds is 6. The standard InChI is InChI=1S/C19H23NO2S/c1-13(2)15-8-9-16(14(3)4)17(11-15)18(21)12-23(22)19-7-5-6-10-20-19/h5-11,13-14H,12H2,1-4H3. The Kier molecular flexibility index (Phi) is 5.83. The Morgan fingerprint density at radius 3 is 2.39 bits per heavy atom. The normalized spacial score (nSPS) is 12.6. The van der Waals surface area contributed by atoms with Gasteiger partial charge in [0, 0.05) is 11.8 Å². The van der Waals surface area contributed by atoms with Crippen LogP contribution in [0.5, 0.6) is 0 Å². The molecule has 0 aliphatic rings. The lowest BCUT2D eigenvalue weighted by Crippen LogP contribution is -2.15. The smallest absolute Gasteiger partial charge is 0.176 e. The van der Waals surface area contributed by atoms with E-state index in [9.17, 15) is 9.00 Å². The Bertz CT molecular complexity index is 709. The fourth-order valence-electron chi connectivity index (χ4n) is 2.43. The molecule has 4 heteroatoms. The lowest BCUT2D eigenvalue weighted by molar-refractivity contribution is 0.102. The molecular formula is C19H23NO2S. The molecule has 23 heavy (non-hydrogen) atoms. The van der Waals surface area contributed by atoms with Gasteiger partial charge in [0.2, 0.25) is 0 Å². The van der Waals surface area contributed by atoms with Crippen LogP contribution in [0.3, 0.4) is 0 Å². The van der Waals surface area contributed by atoms with Gasteiger partial charge in [0.15, 0.2) is 5.78 Å². The largest absolute Gasteiger partial charge is 0.293 e. The predicted octanol–water partition coefficient (Wildman–Crippen LogP) is 4.32. The average molecular weight is 329 g/mol. The van der Waals surface area contributed by atoms with Gasteiger partial charge >= 0.3 is 0 Å². The Labute approximate surface area is 140 Å². The van der Waals surface area contributed by atoms with Crippen LogP contribution in [0, 0.1) is 0 Å². The minimum atomic E-state index is -1.41. The minimum Gasteiger partial charge on any atom is -0.293 e. The summed E-state index contributed by atoms with van der Waals surface area (Å²) in [6.45, 7) is 8.34. The molecule has 0 spiro atoms. The SMILES string of the molecule is CC(C)c1ccc(C(C)C)c(C(=O)CS(=O)c2ccccn2)c1. The van der Waals surface area contributed by atoms with E-state index in [1.807, 2.05) is 12.1 Å². The van der Waals surface area contributed by atoms with Crippen LogP contribution in [0.1, 0.15) is 61.0 Å². The lowest BCUT2D eigenvalue weighted by atomic mass is 9.90. The average Bonchev–Trinajstić information content (AvgIpc) is 2.54. The molecule has 3 nitrogen and oxygen atoms in total. The van der Waals surface area contributed by atoms with Gasteiger partial charge in [-0.1, -0.05) is 45.9 Å². The summed E-state index contributed by atoms with van der Waals surface area (Å²) in [6.07, 6.45) is 1.59. The molecule has 0 amide bonds. The van der Waals surface area contributed by atoms with Gasteiger partial charge in [-0.3, -0.25) is 9.00 Å². The fourth-order valence-corrected chi connectivity index (χ4v) is 3.38. The van der Waals surface area contributed by atoms with Gasteiger partial charge in [0.1, 0.15) is 5.03 Å². The van der Waals surface area contributed by atoms with Gasteiger partial charge < -0.3 is 0 Å². The van der Waals surface area contributed by atoms with Crippen molar-refractivity contribution in [2.45, 2.75) is 44.6 Å². The first-order chi connectivity index (χ1) is 10.9. The molecule has 1 heterocycles. The van der Waals surface area contributed by atoms with E-state index < -0.39 is 10.8 Å². The predicted molar refractivity (Wildman–Crippen MR) is 94.5 cm³/mol. The molecule has 1 aromatic heterocycles. The van der Waals surface area contributed by atoms with Crippen molar-refractivity contribution in [3.05, 3.63) is 59.3 Å². The molecule has 0 saturated carbocycles. The van der Waals surface area contributed by atoms with E-state index in [2.05, 4.69) is 38.7 Å². The van der Waals surface area contributed by atoms with Crippen LogP contribution < -0.4 is 0 Å². The zero-order valence-corrected chi connectivity index (χ0v) is 14.9. The molecule has 0 N–H and O–H groups in total. The van der Waals surface area contributed by atoms with Crippen LogP contribution in [0.25, 0.3) is 0 Å². The first-order valence-electron chi connectivity index (χ1n) is 7.86. The van der Waals surface area contributed by atoms with Crippen LogP contribution in [-0.2, 0) is 10.8 Å². The number of carbonyl (C=O) groups excluding carboxylic acids is 1. The summed E-state index contributed by atoms with van der Waals surface area (Å²) in [6, 6.07) is 11.3. The zero-order valence-electron chi connectivity index (χ0n) is 14.1. The van der Waals surface area contributed by atoms with Crippen molar-refractivity contribution < 1.29 is 9.00 Å². The topological polar surface area (TPSA) is 47.0 Å². The van der Waals surface area contributed by atoms with E-state index in [1.165, 1.54) is 0 Å². The molecule has 0 bridgehead atoms. The number of hydrogen-bond acceptors (Lipinski definition) is 3. The van der Waals surface area contributed by atoms with Crippen LogP contribution in [0.4, 0.5) is 0 Å². The number of benzene rings is 1. The van der Waals surface area contributed by atoms with Crippen molar-refractivity contribution in [2.75, 3.05) is 5.75 Å². The third kappa shape index (κ3) is 4.35. The molecule has 0 aliphatic carbocycles. The maximum Gasteiger partial charge on any atom is 0.176 e. The van der Waals surface area contributed by atoms with Crippen molar-refractivity contribution in [3.63, 3.8) is 0 Å². The molecule has 2 rings (SSSR count). The number of pyridine rings is 1. The number of carbonyl (C=O) groups is 1. The summed E-state index contributed by atoms with van der Waals surface area (Å²) in [5.41, 5.74) is 2.83. The van der Waals surface area contributed by atoms with E-state index in [1.54, 1.807) is 24.4 Å². The Morgan fingerprint density at radius 2 is 1.83 bits per heavy atom. The Hall–Kier alpha value is -1.81. The first-order valence-corrected chi connectivity index (χ1v) is 9.18. The number of aromatic nitrogens is 1. The number of ketones is 1. The number of Topliss-reactive ketones (excluding diaryl/α,β-unsaturated/α-hetero) is 1. The Balaban J connectivity index is 2.30. The maximum atomic E-state index is 12.7. The third-order valence-electron chi connectivity index (χ3n) is 3.80. The molecule has 0 saturated heterocycles. The van der Waals surface area contributed by atoms with Crippen molar-refractivity contribution >= 4 is 16.6 Å². The first kappa shape index (κ1) is 17.5. The highest BCUT2D eigenvalue weighted by Gasteiger charge is 2.19. The van der Waals surface area contributed by atoms with E-state index in [0.29, 0.717) is 16.5 Å². The maximum absolute atomic E-state index is 12.7. The van der Waals surface area contributed by atoms with Crippen molar-refractivity contribution in [2.24, 2.45) is 0 Å². The van der Waals surface area contributed by atoms with Crippen molar-refractivity contribution in [3.8, 4) is 0 Å². The molecule has 1 atom stereocenters. The van der Waals surface area contributed by atoms with Gasteiger partial charge in [0.25, 0.3) is 0 Å². The molecule has 1 aromatic carbocycles. The summed E-state index contributed by atoms with van der Waals surface area (Å²) in [7, 11) is -1.41. The van der Waals surface area contributed by atoms with Crippen LogP contribution in [-0.4, -0.2) is 20.7 Å². The van der Waals surface area contributed by atoms with E-state index in [4.69, 9.17) is 0 Å². The van der Waals surface area contributed by atoms with E-state index in [-0.39, 0.29) is 17.5 Å². The summed E-state index contributed by atoms with van der Waals surface area (Å²) in [4.78, 5) is 16.8. The van der Waals surface area contributed by atoms with Gasteiger partial charge in [0.05, 0.1) is 16.6 Å². The molecule has 0 radical (unpaired) electrons. The highest BCUT2D eigenvalue weighted by Crippen LogP contribution is 2.25. The van der Waals surface area contributed by atoms with Crippen LogP contribution >= 0.6 is 0 Å². The van der Waals surface area contributed by atoms with Crippen molar-refractivity contribution in [1.82, 2.24) is 4.98 Å². The van der Waals surface area contributed by atoms with Gasteiger partial charge in [-0.25, -0.2) is 4.98 Å². The second-order valence-electron chi connectivity index (χ2n) is 6.24. The van der Waals surface area contributed by atoms with Crippen LogP contribution in [0.15, 0.2) is 47.6 Å². The monoisotopic (exact) mass is 329 g/mol. The molecule has 0 aliphatic heterocycles. The minimum absolute atomic E-state index is 0.0295. The van der Waals surface area contributed by atoms with Gasteiger partial charge in [-0.2, -0.15) is 0 Å². The van der Waals surface area contributed by atoms with E-state index in [0.717, 1.165) is 11.1 Å². The quantitative estimate of drug-likeness (QED) is 0.742.